The van der Waals surface area contributed by atoms with Crippen LogP contribution in [-0.2, 0) is 9.63 Å². The standard InChI is InChI=1S/C10H20N2O2/c1-7(2)10(8(3)4)12-14-6-9(13)11-5/h7-8H,6H2,1-5H3,(H,11,13). The highest BCUT2D eigenvalue weighted by atomic mass is 16.6. The highest BCUT2D eigenvalue weighted by Gasteiger charge is 2.10. The van der Waals surface area contributed by atoms with Gasteiger partial charge in [-0.2, -0.15) is 0 Å². The predicted octanol–water partition coefficient (Wildman–Crippen LogP) is 1.42. The van der Waals surface area contributed by atoms with Gasteiger partial charge in [0.2, 0.25) is 0 Å². The molecule has 0 aromatic heterocycles. The monoisotopic (exact) mass is 200 g/mol. The summed E-state index contributed by atoms with van der Waals surface area (Å²) in [7, 11) is 1.57. The molecule has 0 aliphatic carbocycles. The largest absolute Gasteiger partial charge is 0.386 e. The number of hydrogen-bond acceptors (Lipinski definition) is 3. The number of nitrogens with zero attached hydrogens (tertiary/aromatic N) is 1. The Labute approximate surface area is 85.7 Å². The summed E-state index contributed by atoms with van der Waals surface area (Å²) in [4.78, 5) is 15.8. The molecule has 1 N–H and O–H groups in total. The van der Waals surface area contributed by atoms with Gasteiger partial charge >= 0.3 is 0 Å². The van der Waals surface area contributed by atoms with Crippen molar-refractivity contribution in [3.63, 3.8) is 0 Å². The highest BCUT2D eigenvalue weighted by Crippen LogP contribution is 2.07. The van der Waals surface area contributed by atoms with Crippen LogP contribution in [0.15, 0.2) is 5.16 Å². The van der Waals surface area contributed by atoms with Crippen molar-refractivity contribution in [2.75, 3.05) is 13.7 Å². The van der Waals surface area contributed by atoms with Gasteiger partial charge in [-0.05, 0) is 11.8 Å². The van der Waals surface area contributed by atoms with E-state index in [9.17, 15) is 4.79 Å². The fourth-order valence-corrected chi connectivity index (χ4v) is 1.12. The Hall–Kier alpha value is -1.06. The van der Waals surface area contributed by atoms with Crippen LogP contribution in [0, 0.1) is 11.8 Å². The second-order valence-electron chi connectivity index (χ2n) is 3.77. The van der Waals surface area contributed by atoms with Gasteiger partial charge in [0.1, 0.15) is 0 Å². The number of rotatable bonds is 5. The van der Waals surface area contributed by atoms with Crippen LogP contribution in [0.25, 0.3) is 0 Å². The Morgan fingerprint density at radius 3 is 2.14 bits per heavy atom. The van der Waals surface area contributed by atoms with E-state index < -0.39 is 0 Å². The van der Waals surface area contributed by atoms with Crippen LogP contribution in [0.5, 0.6) is 0 Å². The molecule has 82 valence electrons. The fourth-order valence-electron chi connectivity index (χ4n) is 1.12. The topological polar surface area (TPSA) is 50.7 Å². The van der Waals surface area contributed by atoms with Crippen molar-refractivity contribution in [2.24, 2.45) is 17.0 Å². The maximum absolute atomic E-state index is 10.8. The summed E-state index contributed by atoms with van der Waals surface area (Å²) in [5.74, 6) is 0.528. The lowest BCUT2D eigenvalue weighted by atomic mass is 9.98. The second kappa shape index (κ2) is 6.40. The molecular formula is C10H20N2O2. The van der Waals surface area contributed by atoms with E-state index in [-0.39, 0.29) is 12.5 Å². The lowest BCUT2D eigenvalue weighted by molar-refractivity contribution is -0.125. The number of carbonyl (C=O) groups is 1. The number of nitrogens with one attached hydrogen (secondary N) is 1. The third kappa shape index (κ3) is 4.84. The first-order valence-corrected chi connectivity index (χ1v) is 4.89. The van der Waals surface area contributed by atoms with Crippen LogP contribution in [0.3, 0.4) is 0 Å². The minimum absolute atomic E-state index is 0.0144. The Morgan fingerprint density at radius 2 is 1.79 bits per heavy atom. The molecular weight excluding hydrogens is 180 g/mol. The van der Waals surface area contributed by atoms with Crippen LogP contribution >= 0.6 is 0 Å². The molecule has 14 heavy (non-hydrogen) atoms. The van der Waals surface area contributed by atoms with Gasteiger partial charge in [-0.25, -0.2) is 0 Å². The van der Waals surface area contributed by atoms with Crippen molar-refractivity contribution in [1.82, 2.24) is 5.32 Å². The summed E-state index contributed by atoms with van der Waals surface area (Å²) in [5.41, 5.74) is 0.980. The van der Waals surface area contributed by atoms with Crippen molar-refractivity contribution >= 4 is 11.6 Å². The lowest BCUT2D eigenvalue weighted by Gasteiger charge is -2.12. The van der Waals surface area contributed by atoms with Crippen LogP contribution in [0.4, 0.5) is 0 Å². The van der Waals surface area contributed by atoms with Gasteiger partial charge in [-0.3, -0.25) is 4.79 Å². The van der Waals surface area contributed by atoms with Gasteiger partial charge in [0.15, 0.2) is 6.61 Å². The molecule has 0 saturated carbocycles. The van der Waals surface area contributed by atoms with Gasteiger partial charge < -0.3 is 10.2 Å². The van der Waals surface area contributed by atoms with E-state index in [1.165, 1.54) is 0 Å². The van der Waals surface area contributed by atoms with E-state index in [1.807, 2.05) is 0 Å². The summed E-state index contributed by atoms with van der Waals surface area (Å²) in [6.07, 6.45) is 0. The smallest absolute Gasteiger partial charge is 0.260 e. The number of amides is 1. The molecule has 0 aliphatic rings. The zero-order chi connectivity index (χ0) is 11.1. The fraction of sp³-hybridized carbons (Fsp3) is 0.800. The summed E-state index contributed by atoms with van der Waals surface area (Å²) in [5, 5.41) is 6.43. The van der Waals surface area contributed by atoms with E-state index in [0.29, 0.717) is 11.8 Å². The quantitative estimate of drug-likeness (QED) is 0.539. The third-order valence-electron chi connectivity index (χ3n) is 1.83. The zero-order valence-corrected chi connectivity index (χ0v) is 9.63. The minimum Gasteiger partial charge on any atom is -0.386 e. The predicted molar refractivity (Wildman–Crippen MR) is 57.1 cm³/mol. The molecule has 0 heterocycles. The summed E-state index contributed by atoms with van der Waals surface area (Å²) in [6.45, 7) is 8.22. The number of carbonyl (C=O) groups excluding carboxylic acids is 1. The molecule has 4 heteroatoms. The Kier molecular flexibility index (Phi) is 5.92. The second-order valence-corrected chi connectivity index (χ2v) is 3.77. The first-order valence-electron chi connectivity index (χ1n) is 4.89. The SMILES string of the molecule is CNC(=O)CON=C(C(C)C)C(C)C. The summed E-state index contributed by atoms with van der Waals surface area (Å²) in [6, 6.07) is 0. The molecule has 0 aromatic rings. The van der Waals surface area contributed by atoms with Crippen molar-refractivity contribution in [2.45, 2.75) is 27.7 Å². The zero-order valence-electron chi connectivity index (χ0n) is 9.63. The average molecular weight is 200 g/mol. The lowest BCUT2D eigenvalue weighted by Crippen LogP contribution is -2.23. The first kappa shape index (κ1) is 12.9. The average Bonchev–Trinajstić information content (AvgIpc) is 2.10. The van der Waals surface area contributed by atoms with E-state index in [2.05, 4.69) is 38.2 Å². The summed E-state index contributed by atoms with van der Waals surface area (Å²) < 4.78 is 0. The van der Waals surface area contributed by atoms with Gasteiger partial charge in [0, 0.05) is 7.05 Å². The van der Waals surface area contributed by atoms with Gasteiger partial charge in [0.25, 0.3) is 5.91 Å². The van der Waals surface area contributed by atoms with Gasteiger partial charge in [0.05, 0.1) is 5.71 Å². The van der Waals surface area contributed by atoms with Crippen LogP contribution in [0.2, 0.25) is 0 Å². The molecule has 0 rings (SSSR count). The van der Waals surface area contributed by atoms with Crippen molar-refractivity contribution in [3.8, 4) is 0 Å². The van der Waals surface area contributed by atoms with Crippen molar-refractivity contribution in [1.29, 1.82) is 0 Å². The van der Waals surface area contributed by atoms with Gasteiger partial charge in [-0.1, -0.05) is 32.9 Å². The molecule has 4 nitrogen and oxygen atoms in total. The number of oxime groups is 1. The van der Waals surface area contributed by atoms with Crippen LogP contribution in [0.1, 0.15) is 27.7 Å². The first-order chi connectivity index (χ1) is 6.49. The van der Waals surface area contributed by atoms with Crippen LogP contribution < -0.4 is 5.32 Å². The van der Waals surface area contributed by atoms with E-state index in [4.69, 9.17) is 4.84 Å². The van der Waals surface area contributed by atoms with Gasteiger partial charge in [-0.15, -0.1) is 0 Å². The molecule has 0 radical (unpaired) electrons. The van der Waals surface area contributed by atoms with E-state index in [0.717, 1.165) is 5.71 Å². The van der Waals surface area contributed by atoms with Crippen LogP contribution in [-0.4, -0.2) is 25.3 Å². The molecule has 1 amide bonds. The highest BCUT2D eigenvalue weighted by molar-refractivity contribution is 5.87. The Morgan fingerprint density at radius 1 is 1.29 bits per heavy atom. The molecule has 0 aliphatic heterocycles. The molecule has 0 aromatic carbocycles. The Bertz CT molecular complexity index is 200. The van der Waals surface area contributed by atoms with Crippen molar-refractivity contribution < 1.29 is 9.63 Å². The molecule has 0 bridgehead atoms. The minimum atomic E-state index is -0.166. The number of hydrogen-bond donors (Lipinski definition) is 1. The molecule has 0 atom stereocenters. The van der Waals surface area contributed by atoms with Crippen molar-refractivity contribution in [3.05, 3.63) is 0 Å². The third-order valence-corrected chi connectivity index (χ3v) is 1.83. The maximum atomic E-state index is 10.8. The normalized spacial score (nSPS) is 10.2. The molecule has 0 spiro atoms. The molecule has 0 fully saturated rings. The van der Waals surface area contributed by atoms with E-state index in [1.54, 1.807) is 7.05 Å². The summed E-state index contributed by atoms with van der Waals surface area (Å²) >= 11 is 0. The molecule has 0 unspecified atom stereocenters. The van der Waals surface area contributed by atoms with E-state index >= 15 is 0 Å². The molecule has 0 saturated heterocycles. The number of likely N-dealkylation sites (N-methyl/N-ethyl adjacent to an activating group) is 1. The maximum Gasteiger partial charge on any atom is 0.260 e. The Balaban J connectivity index is 4.11.